The molecule has 1 fully saturated rings. The summed E-state index contributed by atoms with van der Waals surface area (Å²) in [7, 11) is 0. The van der Waals surface area contributed by atoms with Gasteiger partial charge in [0.2, 0.25) is 0 Å². The van der Waals surface area contributed by atoms with E-state index < -0.39 is 0 Å². The van der Waals surface area contributed by atoms with Gasteiger partial charge in [0.05, 0.1) is 6.10 Å². The molecule has 0 amide bonds. The summed E-state index contributed by atoms with van der Waals surface area (Å²) in [6.07, 6.45) is 1.57. The van der Waals surface area contributed by atoms with Crippen LogP contribution in [0.1, 0.15) is 35.3 Å². The molecule has 1 aliphatic heterocycles. The van der Waals surface area contributed by atoms with Crippen molar-refractivity contribution in [2.45, 2.75) is 33.1 Å². The van der Waals surface area contributed by atoms with E-state index in [2.05, 4.69) is 26.9 Å². The van der Waals surface area contributed by atoms with Crippen LogP contribution in [0.3, 0.4) is 0 Å². The highest BCUT2D eigenvalue weighted by atomic mass is 16.5. The molecule has 2 heterocycles. The zero-order valence-electron chi connectivity index (χ0n) is 19.8. The Morgan fingerprint density at radius 1 is 0.971 bits per heavy atom. The number of hydrogen-bond acceptors (Lipinski definition) is 7. The number of anilines is 2. The fourth-order valence-electron chi connectivity index (χ4n) is 3.93. The van der Waals surface area contributed by atoms with E-state index in [0.29, 0.717) is 18.0 Å². The van der Waals surface area contributed by atoms with Gasteiger partial charge in [-0.1, -0.05) is 24.3 Å². The molecule has 0 bridgehead atoms. The number of pyridine rings is 1. The molecule has 0 aliphatic carbocycles. The Morgan fingerprint density at radius 3 is 2.32 bits per heavy atom. The van der Waals surface area contributed by atoms with E-state index in [1.165, 1.54) is 5.56 Å². The molecule has 3 aromatic rings. The van der Waals surface area contributed by atoms with E-state index in [-0.39, 0.29) is 12.1 Å². The van der Waals surface area contributed by atoms with Crippen LogP contribution in [0.15, 0.2) is 66.9 Å². The molecule has 0 unspecified atom stereocenters. The van der Waals surface area contributed by atoms with Crippen molar-refractivity contribution in [3.8, 4) is 5.75 Å². The van der Waals surface area contributed by atoms with Crippen LogP contribution in [0.2, 0.25) is 0 Å². The highest BCUT2D eigenvalue weighted by molar-refractivity contribution is 5.94. The molecular weight excluding hydrogens is 428 g/mol. The van der Waals surface area contributed by atoms with Crippen LogP contribution < -0.4 is 15.4 Å². The lowest BCUT2D eigenvalue weighted by atomic mass is 10.1. The average Bonchev–Trinajstić information content (AvgIpc) is 2.85. The van der Waals surface area contributed by atoms with Crippen LogP contribution in [0, 0.1) is 0 Å². The number of carbonyl (C=O) groups excluding carboxylic acids is 1. The topological polar surface area (TPSA) is 80.9 Å². The molecule has 0 atom stereocenters. The van der Waals surface area contributed by atoms with Crippen LogP contribution in [-0.2, 0) is 17.9 Å². The zero-order valence-corrected chi connectivity index (χ0v) is 19.8. The van der Waals surface area contributed by atoms with Crippen molar-refractivity contribution in [1.82, 2.24) is 9.88 Å². The lowest BCUT2D eigenvalue weighted by Crippen LogP contribution is -2.46. The van der Waals surface area contributed by atoms with Crippen molar-refractivity contribution < 1.29 is 14.3 Å². The summed E-state index contributed by atoms with van der Waals surface area (Å²) < 4.78 is 11.3. The number of aromatic nitrogens is 1. The third-order valence-electron chi connectivity index (χ3n) is 5.74. The minimum Gasteiger partial charge on any atom is -0.489 e. The second-order valence-electron chi connectivity index (χ2n) is 8.77. The molecule has 7 heteroatoms. The van der Waals surface area contributed by atoms with Crippen molar-refractivity contribution in [3.05, 3.63) is 83.6 Å². The maximum atomic E-state index is 12.5. The van der Waals surface area contributed by atoms with Crippen molar-refractivity contribution in [2.75, 3.05) is 36.8 Å². The predicted molar refractivity (Wildman–Crippen MR) is 134 cm³/mol. The van der Waals surface area contributed by atoms with Crippen LogP contribution in [0.25, 0.3) is 0 Å². The fraction of sp³-hybridized carbons (Fsp3) is 0.333. The smallest absolute Gasteiger partial charge is 0.342 e. The largest absolute Gasteiger partial charge is 0.489 e. The lowest BCUT2D eigenvalue weighted by molar-refractivity contribution is 0.0378. The van der Waals surface area contributed by atoms with Gasteiger partial charge in [-0.25, -0.2) is 9.78 Å². The summed E-state index contributed by atoms with van der Waals surface area (Å²) in [6, 6.07) is 19.5. The summed E-state index contributed by atoms with van der Waals surface area (Å²) in [4.78, 5) is 21.5. The number of ether oxygens (including phenoxy) is 2. The second-order valence-corrected chi connectivity index (χ2v) is 8.77. The Morgan fingerprint density at radius 2 is 1.65 bits per heavy atom. The number of carbonyl (C=O) groups is 1. The van der Waals surface area contributed by atoms with Gasteiger partial charge in [0.25, 0.3) is 0 Å². The third-order valence-corrected chi connectivity index (χ3v) is 5.74. The van der Waals surface area contributed by atoms with E-state index in [9.17, 15) is 4.79 Å². The molecule has 0 saturated carbocycles. The molecule has 1 aromatic heterocycles. The molecule has 2 N–H and O–H groups in total. The minimum absolute atomic E-state index is 0.160. The molecule has 1 saturated heterocycles. The number of hydrogen-bond donors (Lipinski definition) is 1. The van der Waals surface area contributed by atoms with Crippen LogP contribution >= 0.6 is 0 Å². The van der Waals surface area contributed by atoms with Gasteiger partial charge >= 0.3 is 5.97 Å². The number of nitrogen functional groups attached to an aromatic ring is 1. The van der Waals surface area contributed by atoms with Gasteiger partial charge in [-0.15, -0.1) is 0 Å². The van der Waals surface area contributed by atoms with E-state index in [0.717, 1.165) is 49.7 Å². The first-order valence-electron chi connectivity index (χ1n) is 11.7. The third kappa shape index (κ3) is 6.26. The van der Waals surface area contributed by atoms with Gasteiger partial charge in [-0.2, -0.15) is 0 Å². The molecule has 0 radical (unpaired) electrons. The molecule has 4 rings (SSSR count). The van der Waals surface area contributed by atoms with Gasteiger partial charge in [0.15, 0.2) is 0 Å². The van der Waals surface area contributed by atoms with E-state index >= 15 is 0 Å². The van der Waals surface area contributed by atoms with Gasteiger partial charge in [-0.3, -0.25) is 4.90 Å². The van der Waals surface area contributed by atoms with Gasteiger partial charge < -0.3 is 20.1 Å². The van der Waals surface area contributed by atoms with Crippen molar-refractivity contribution in [1.29, 1.82) is 0 Å². The van der Waals surface area contributed by atoms with Crippen LogP contribution in [0.4, 0.5) is 11.5 Å². The van der Waals surface area contributed by atoms with E-state index in [1.54, 1.807) is 18.3 Å². The first-order chi connectivity index (χ1) is 16.5. The molecular formula is C27H32N4O3. The Kier molecular flexibility index (Phi) is 7.65. The molecule has 7 nitrogen and oxygen atoms in total. The Labute approximate surface area is 201 Å². The monoisotopic (exact) mass is 460 g/mol. The maximum absolute atomic E-state index is 12.5. The van der Waals surface area contributed by atoms with Crippen LogP contribution in [-0.4, -0.2) is 48.1 Å². The van der Waals surface area contributed by atoms with E-state index in [1.807, 2.05) is 50.2 Å². The highest BCUT2D eigenvalue weighted by Gasteiger charge is 2.23. The van der Waals surface area contributed by atoms with Crippen molar-refractivity contribution >= 4 is 17.5 Å². The van der Waals surface area contributed by atoms with Crippen molar-refractivity contribution in [3.63, 3.8) is 0 Å². The number of benzene rings is 2. The lowest BCUT2D eigenvalue weighted by Gasteiger charge is -2.36. The number of piperazine rings is 1. The Balaban J connectivity index is 1.28. The second kappa shape index (κ2) is 11.0. The molecule has 34 heavy (non-hydrogen) atoms. The summed E-state index contributed by atoms with van der Waals surface area (Å²) >= 11 is 0. The minimum atomic E-state index is -0.320. The Bertz CT molecular complexity index is 1080. The standard InChI is InChI=1S/C27H32N4O3/c1-20(2)34-27(32)25-4-3-13-29-26(25)31-16-14-30(15-17-31)18-21-7-11-24(12-8-21)33-19-22-5-9-23(28)10-6-22/h3-13,20H,14-19,28H2,1-2H3. The first kappa shape index (κ1) is 23.6. The molecule has 1 aliphatic rings. The number of nitrogens with two attached hydrogens (primary N) is 1. The molecule has 178 valence electrons. The highest BCUT2D eigenvalue weighted by Crippen LogP contribution is 2.22. The average molecular weight is 461 g/mol. The van der Waals surface area contributed by atoms with Gasteiger partial charge in [-0.05, 0) is 61.4 Å². The number of nitrogens with zero attached hydrogens (tertiary/aromatic N) is 3. The van der Waals surface area contributed by atoms with Gasteiger partial charge in [0, 0.05) is 44.6 Å². The normalized spacial score (nSPS) is 14.3. The SMILES string of the molecule is CC(C)OC(=O)c1cccnc1N1CCN(Cc2ccc(OCc3ccc(N)cc3)cc2)CC1. The predicted octanol–water partition coefficient (Wildman–Crippen LogP) is 4.13. The maximum Gasteiger partial charge on any atom is 0.342 e. The summed E-state index contributed by atoms with van der Waals surface area (Å²) in [6.45, 7) is 8.49. The quantitative estimate of drug-likeness (QED) is 0.400. The number of esters is 1. The zero-order chi connectivity index (χ0) is 23.9. The summed E-state index contributed by atoms with van der Waals surface area (Å²) in [5.41, 5.74) is 9.34. The van der Waals surface area contributed by atoms with Gasteiger partial charge in [0.1, 0.15) is 23.7 Å². The summed E-state index contributed by atoms with van der Waals surface area (Å²) in [5.74, 6) is 1.23. The van der Waals surface area contributed by atoms with Crippen molar-refractivity contribution in [2.24, 2.45) is 0 Å². The first-order valence-corrected chi connectivity index (χ1v) is 11.7. The number of rotatable bonds is 8. The van der Waals surface area contributed by atoms with E-state index in [4.69, 9.17) is 15.2 Å². The molecule has 2 aromatic carbocycles. The molecule has 0 spiro atoms. The van der Waals surface area contributed by atoms with Crippen LogP contribution in [0.5, 0.6) is 5.75 Å². The summed E-state index contributed by atoms with van der Waals surface area (Å²) in [5, 5.41) is 0. The Hall–Kier alpha value is -3.58. The fourth-order valence-corrected chi connectivity index (χ4v) is 3.93.